The van der Waals surface area contributed by atoms with Gasteiger partial charge in [-0.05, 0) is 35.4 Å². The van der Waals surface area contributed by atoms with Crippen LogP contribution in [0.25, 0.3) is 33.2 Å². The molecule has 3 heterocycles. The van der Waals surface area contributed by atoms with E-state index in [-0.39, 0.29) is 11.7 Å². The van der Waals surface area contributed by atoms with Crippen LogP contribution >= 0.6 is 0 Å². The Balaban J connectivity index is 1.34. The van der Waals surface area contributed by atoms with Gasteiger partial charge in [0.05, 0.1) is 28.7 Å². The van der Waals surface area contributed by atoms with Gasteiger partial charge in [-0.2, -0.15) is 5.10 Å². The molecular weight excluding hydrogens is 392 g/mol. The summed E-state index contributed by atoms with van der Waals surface area (Å²) in [6, 6.07) is 14.9. The van der Waals surface area contributed by atoms with E-state index < -0.39 is 12.1 Å². The van der Waals surface area contributed by atoms with Crippen molar-refractivity contribution in [3.05, 3.63) is 77.9 Å². The number of carbonyl (C=O) groups excluding carboxylic acids is 1. The van der Waals surface area contributed by atoms with E-state index in [1.54, 1.807) is 12.4 Å². The number of benzene rings is 2. The van der Waals surface area contributed by atoms with Crippen LogP contribution in [0.5, 0.6) is 0 Å². The Hall–Kier alpha value is -4.04. The Morgan fingerprint density at radius 2 is 1.94 bits per heavy atom. The molecule has 3 aromatic heterocycles. The highest BCUT2D eigenvalue weighted by molar-refractivity contribution is 6.02. The molecule has 2 aromatic carbocycles. The number of imidazole rings is 1. The Morgan fingerprint density at radius 3 is 2.81 bits per heavy atom. The van der Waals surface area contributed by atoms with Crippen LogP contribution in [-0.4, -0.2) is 42.3 Å². The minimum Gasteiger partial charge on any atom is -0.390 e. The van der Waals surface area contributed by atoms with Crippen molar-refractivity contribution in [3.8, 4) is 11.3 Å². The average Bonchev–Trinajstić information content (AvgIpc) is 3.48. The zero-order valence-corrected chi connectivity index (χ0v) is 16.3. The largest absolute Gasteiger partial charge is 0.390 e. The normalized spacial score (nSPS) is 17.8. The number of fused-ring (bicyclic) bond motifs is 3. The fourth-order valence-electron chi connectivity index (χ4n) is 4.32. The number of aromatic nitrogens is 5. The molecule has 1 aliphatic rings. The first kappa shape index (κ1) is 17.8. The molecule has 152 valence electrons. The lowest BCUT2D eigenvalue weighted by atomic mass is 10.1. The molecule has 0 bridgehead atoms. The third-order valence-electron chi connectivity index (χ3n) is 5.82. The molecule has 8 heteroatoms. The lowest BCUT2D eigenvalue weighted by Crippen LogP contribution is -2.34. The van der Waals surface area contributed by atoms with Gasteiger partial charge in [0.25, 0.3) is 5.91 Å². The summed E-state index contributed by atoms with van der Waals surface area (Å²) >= 11 is 0. The summed E-state index contributed by atoms with van der Waals surface area (Å²) in [5, 5.41) is 21.7. The average molecular weight is 410 g/mol. The maximum Gasteiger partial charge on any atom is 0.287 e. The van der Waals surface area contributed by atoms with Gasteiger partial charge in [-0.1, -0.05) is 24.3 Å². The number of carbonyl (C=O) groups is 1. The topological polar surface area (TPSA) is 120 Å². The van der Waals surface area contributed by atoms with E-state index in [1.165, 1.54) is 0 Å². The van der Waals surface area contributed by atoms with Crippen molar-refractivity contribution in [1.82, 2.24) is 30.5 Å². The van der Waals surface area contributed by atoms with E-state index in [4.69, 9.17) is 0 Å². The zero-order valence-electron chi connectivity index (χ0n) is 16.3. The molecule has 0 radical (unpaired) electrons. The highest BCUT2D eigenvalue weighted by Gasteiger charge is 2.32. The number of nitrogens with zero attached hydrogens (tertiary/aromatic N) is 3. The summed E-state index contributed by atoms with van der Waals surface area (Å²) in [5.41, 5.74) is 5.99. The van der Waals surface area contributed by atoms with Gasteiger partial charge in [0.1, 0.15) is 5.69 Å². The highest BCUT2D eigenvalue weighted by atomic mass is 16.3. The van der Waals surface area contributed by atoms with E-state index in [0.717, 1.165) is 38.8 Å². The number of aliphatic hydroxyl groups is 1. The minimum atomic E-state index is -0.655. The maximum absolute atomic E-state index is 12.9. The van der Waals surface area contributed by atoms with Gasteiger partial charge in [0, 0.05) is 29.8 Å². The minimum absolute atomic E-state index is 0.206. The van der Waals surface area contributed by atoms with Gasteiger partial charge in [-0.3, -0.25) is 14.9 Å². The van der Waals surface area contributed by atoms with E-state index >= 15 is 0 Å². The molecule has 0 aliphatic heterocycles. The van der Waals surface area contributed by atoms with Crippen LogP contribution in [0.4, 0.5) is 0 Å². The number of aliphatic hydroxyl groups excluding tert-OH is 1. The molecule has 0 saturated carbocycles. The van der Waals surface area contributed by atoms with E-state index in [1.807, 2.05) is 48.5 Å². The number of H-pyrrole nitrogens is 2. The number of aromatic amines is 2. The molecule has 0 fully saturated rings. The van der Waals surface area contributed by atoms with E-state index in [0.29, 0.717) is 11.9 Å². The second-order valence-corrected chi connectivity index (χ2v) is 7.73. The van der Waals surface area contributed by atoms with Crippen LogP contribution in [0.2, 0.25) is 0 Å². The summed E-state index contributed by atoms with van der Waals surface area (Å²) in [6.45, 7) is 0. The molecule has 5 aromatic rings. The van der Waals surface area contributed by atoms with Gasteiger partial charge in [0.15, 0.2) is 5.82 Å². The molecule has 4 N–H and O–H groups in total. The number of hydrogen-bond acceptors (Lipinski definition) is 5. The molecule has 1 amide bonds. The van der Waals surface area contributed by atoms with Crippen molar-refractivity contribution in [3.63, 3.8) is 0 Å². The summed E-state index contributed by atoms with van der Waals surface area (Å²) in [6.07, 6.45) is 3.32. The first-order valence-electron chi connectivity index (χ1n) is 10.0. The highest BCUT2D eigenvalue weighted by Crippen LogP contribution is 2.32. The van der Waals surface area contributed by atoms with Crippen LogP contribution in [0.15, 0.2) is 60.9 Å². The van der Waals surface area contributed by atoms with Crippen molar-refractivity contribution < 1.29 is 9.90 Å². The van der Waals surface area contributed by atoms with Gasteiger partial charge in [-0.15, -0.1) is 0 Å². The fraction of sp³-hybridized carbons (Fsp3) is 0.130. The van der Waals surface area contributed by atoms with E-state index in [9.17, 15) is 9.90 Å². The Labute approximate surface area is 176 Å². The maximum atomic E-state index is 12.9. The van der Waals surface area contributed by atoms with E-state index in [2.05, 4.69) is 30.5 Å². The Kier molecular flexibility index (Phi) is 3.87. The quantitative estimate of drug-likeness (QED) is 0.365. The van der Waals surface area contributed by atoms with Crippen LogP contribution in [0, 0.1) is 0 Å². The molecule has 1 aliphatic carbocycles. The first-order chi connectivity index (χ1) is 15.2. The Bertz CT molecular complexity index is 1440. The van der Waals surface area contributed by atoms with Crippen LogP contribution < -0.4 is 5.32 Å². The summed E-state index contributed by atoms with van der Waals surface area (Å²) < 4.78 is 0. The van der Waals surface area contributed by atoms with Gasteiger partial charge in [-0.25, -0.2) is 4.98 Å². The standard InChI is InChI=1S/C23H18N6O2/c30-19-9-13-3-1-2-4-14(13)21(19)27-23(31)22-25-17-10-15-16(11-18(17)26-22)28-29-20(15)12-5-7-24-8-6-12/h1-8,10-11,19,21,30H,9H2,(H,25,26)(H,27,31)(H,28,29)/t19-,21+/m1/s1. The fourth-order valence-corrected chi connectivity index (χ4v) is 4.32. The van der Waals surface area contributed by atoms with Crippen molar-refractivity contribution in [2.75, 3.05) is 0 Å². The molecular formula is C23H18N6O2. The first-order valence-corrected chi connectivity index (χ1v) is 10.0. The molecule has 31 heavy (non-hydrogen) atoms. The smallest absolute Gasteiger partial charge is 0.287 e. The zero-order chi connectivity index (χ0) is 20.9. The van der Waals surface area contributed by atoms with Crippen molar-refractivity contribution in [2.45, 2.75) is 18.6 Å². The predicted molar refractivity (Wildman–Crippen MR) is 115 cm³/mol. The van der Waals surface area contributed by atoms with Crippen molar-refractivity contribution >= 4 is 27.8 Å². The second kappa shape index (κ2) is 6.75. The molecule has 6 rings (SSSR count). The van der Waals surface area contributed by atoms with Gasteiger partial charge < -0.3 is 15.4 Å². The number of amides is 1. The van der Waals surface area contributed by atoms with Crippen LogP contribution in [-0.2, 0) is 6.42 Å². The molecule has 8 nitrogen and oxygen atoms in total. The predicted octanol–water partition coefficient (Wildman–Crippen LogP) is 2.89. The third-order valence-corrected chi connectivity index (χ3v) is 5.82. The van der Waals surface area contributed by atoms with Gasteiger partial charge in [0.2, 0.25) is 0 Å². The Morgan fingerprint density at radius 1 is 1.10 bits per heavy atom. The van der Waals surface area contributed by atoms with Crippen LogP contribution in [0.1, 0.15) is 27.8 Å². The molecule has 0 saturated heterocycles. The third kappa shape index (κ3) is 2.88. The summed E-state index contributed by atoms with van der Waals surface area (Å²) in [5.74, 6) is -0.147. The molecule has 0 spiro atoms. The molecule has 2 atom stereocenters. The second-order valence-electron chi connectivity index (χ2n) is 7.73. The summed E-state index contributed by atoms with van der Waals surface area (Å²) in [4.78, 5) is 24.5. The number of nitrogens with one attached hydrogen (secondary N) is 3. The lowest BCUT2D eigenvalue weighted by Gasteiger charge is -2.17. The van der Waals surface area contributed by atoms with Crippen molar-refractivity contribution in [2.24, 2.45) is 0 Å². The summed E-state index contributed by atoms with van der Waals surface area (Å²) in [7, 11) is 0. The number of hydrogen-bond donors (Lipinski definition) is 4. The number of rotatable bonds is 3. The monoisotopic (exact) mass is 410 g/mol. The van der Waals surface area contributed by atoms with Gasteiger partial charge >= 0.3 is 0 Å². The lowest BCUT2D eigenvalue weighted by molar-refractivity contribution is 0.0849. The van der Waals surface area contributed by atoms with Crippen LogP contribution in [0.3, 0.4) is 0 Å². The number of pyridine rings is 1. The SMILES string of the molecule is O=C(N[C@H]1c2ccccc2C[C@H]1O)c1nc2cc3c(-c4ccncc4)n[nH]c3cc2[nH]1. The molecule has 0 unspecified atom stereocenters. The van der Waals surface area contributed by atoms with Crippen molar-refractivity contribution in [1.29, 1.82) is 0 Å².